The second-order valence-corrected chi connectivity index (χ2v) is 6.22. The summed E-state index contributed by atoms with van der Waals surface area (Å²) in [5, 5.41) is 0. The second-order valence-electron chi connectivity index (χ2n) is 5.31. The lowest BCUT2D eigenvalue weighted by atomic mass is 9.89. The van der Waals surface area contributed by atoms with E-state index in [1.54, 1.807) is 7.11 Å². The van der Waals surface area contributed by atoms with Crippen LogP contribution in [0.4, 0.5) is 0 Å². The van der Waals surface area contributed by atoms with Crippen LogP contribution in [-0.2, 0) is 0 Å². The standard InChI is InChI=1S/C18H19BrO2/c1-10-8-11(2)13(4)17(12(10)3)18(20)15-7-6-14(19)9-16(15)21-5/h6-9H,1-5H3. The molecule has 0 aliphatic heterocycles. The van der Waals surface area contributed by atoms with Crippen molar-refractivity contribution < 1.29 is 9.53 Å². The molecule has 0 aliphatic rings. The largest absolute Gasteiger partial charge is 0.496 e. The van der Waals surface area contributed by atoms with E-state index in [0.717, 1.165) is 32.3 Å². The molecule has 0 heterocycles. The molecule has 110 valence electrons. The monoisotopic (exact) mass is 346 g/mol. The number of hydrogen-bond donors (Lipinski definition) is 0. The summed E-state index contributed by atoms with van der Waals surface area (Å²) in [6.45, 7) is 8.08. The van der Waals surface area contributed by atoms with Crippen LogP contribution in [0.2, 0.25) is 0 Å². The second kappa shape index (κ2) is 6.02. The number of hydrogen-bond acceptors (Lipinski definition) is 2. The maximum absolute atomic E-state index is 13.0. The maximum Gasteiger partial charge on any atom is 0.197 e. The zero-order valence-electron chi connectivity index (χ0n) is 13.0. The Morgan fingerprint density at radius 2 is 1.57 bits per heavy atom. The molecule has 2 aromatic carbocycles. The van der Waals surface area contributed by atoms with Crippen LogP contribution in [-0.4, -0.2) is 12.9 Å². The Bertz CT molecular complexity index is 691. The highest BCUT2D eigenvalue weighted by Gasteiger charge is 2.20. The van der Waals surface area contributed by atoms with E-state index in [0.29, 0.717) is 11.3 Å². The van der Waals surface area contributed by atoms with Gasteiger partial charge in [-0.3, -0.25) is 4.79 Å². The molecule has 2 nitrogen and oxygen atoms in total. The van der Waals surface area contributed by atoms with E-state index in [2.05, 4.69) is 22.0 Å². The predicted octanol–water partition coefficient (Wildman–Crippen LogP) is 4.92. The minimum atomic E-state index is 0.0150. The molecule has 21 heavy (non-hydrogen) atoms. The van der Waals surface area contributed by atoms with Crippen molar-refractivity contribution in [3.8, 4) is 5.75 Å². The maximum atomic E-state index is 13.0. The van der Waals surface area contributed by atoms with Crippen molar-refractivity contribution in [2.45, 2.75) is 27.7 Å². The Morgan fingerprint density at radius 1 is 1.00 bits per heavy atom. The smallest absolute Gasteiger partial charge is 0.197 e. The number of aryl methyl sites for hydroxylation is 2. The van der Waals surface area contributed by atoms with Crippen molar-refractivity contribution in [1.82, 2.24) is 0 Å². The molecule has 0 atom stereocenters. The first-order valence-corrected chi connectivity index (χ1v) is 7.61. The highest BCUT2D eigenvalue weighted by molar-refractivity contribution is 9.10. The number of ether oxygens (including phenoxy) is 1. The molecule has 3 heteroatoms. The van der Waals surface area contributed by atoms with Gasteiger partial charge in [0.2, 0.25) is 0 Å². The number of carbonyl (C=O) groups is 1. The number of ketones is 1. The first-order chi connectivity index (χ1) is 9.86. The van der Waals surface area contributed by atoms with E-state index in [4.69, 9.17) is 4.74 Å². The highest BCUT2D eigenvalue weighted by atomic mass is 79.9. The van der Waals surface area contributed by atoms with Crippen LogP contribution in [0, 0.1) is 27.7 Å². The van der Waals surface area contributed by atoms with Crippen LogP contribution >= 0.6 is 15.9 Å². The van der Waals surface area contributed by atoms with E-state index in [1.807, 2.05) is 45.9 Å². The van der Waals surface area contributed by atoms with Gasteiger partial charge in [-0.15, -0.1) is 0 Å². The fourth-order valence-electron chi connectivity index (χ4n) is 2.54. The van der Waals surface area contributed by atoms with Gasteiger partial charge in [0.05, 0.1) is 12.7 Å². The van der Waals surface area contributed by atoms with Crippen molar-refractivity contribution in [1.29, 1.82) is 0 Å². The molecule has 0 N–H and O–H groups in total. The number of carbonyl (C=O) groups excluding carboxylic acids is 1. The third-order valence-corrected chi connectivity index (χ3v) is 4.49. The lowest BCUT2D eigenvalue weighted by molar-refractivity contribution is 0.103. The average molecular weight is 347 g/mol. The molecular weight excluding hydrogens is 328 g/mol. The van der Waals surface area contributed by atoms with Crippen LogP contribution in [0.1, 0.15) is 38.2 Å². The van der Waals surface area contributed by atoms with E-state index in [1.165, 1.54) is 0 Å². The van der Waals surface area contributed by atoms with Gasteiger partial charge >= 0.3 is 0 Å². The molecule has 0 saturated heterocycles. The fraction of sp³-hybridized carbons (Fsp3) is 0.278. The van der Waals surface area contributed by atoms with Gasteiger partial charge in [-0.2, -0.15) is 0 Å². The number of methoxy groups -OCH3 is 1. The summed E-state index contributed by atoms with van der Waals surface area (Å²) in [4.78, 5) is 13.0. The Kier molecular flexibility index (Phi) is 4.52. The lowest BCUT2D eigenvalue weighted by Crippen LogP contribution is -2.10. The SMILES string of the molecule is COc1cc(Br)ccc1C(=O)c1c(C)c(C)cc(C)c1C. The summed E-state index contributed by atoms with van der Waals surface area (Å²) >= 11 is 3.40. The van der Waals surface area contributed by atoms with Crippen LogP contribution in [0.15, 0.2) is 28.7 Å². The molecule has 0 spiro atoms. The quantitative estimate of drug-likeness (QED) is 0.737. The molecule has 2 rings (SSSR count). The molecular formula is C18H19BrO2. The predicted molar refractivity (Wildman–Crippen MR) is 89.5 cm³/mol. The molecule has 0 unspecified atom stereocenters. The van der Waals surface area contributed by atoms with Gasteiger partial charge in [0.15, 0.2) is 5.78 Å². The van der Waals surface area contributed by atoms with Gasteiger partial charge < -0.3 is 4.74 Å². The van der Waals surface area contributed by atoms with Gasteiger partial charge in [0.1, 0.15) is 5.75 Å². The summed E-state index contributed by atoms with van der Waals surface area (Å²) in [6, 6.07) is 7.62. The Labute approximate surface area is 134 Å². The summed E-state index contributed by atoms with van der Waals surface area (Å²) < 4.78 is 6.25. The van der Waals surface area contributed by atoms with Gasteiger partial charge in [-0.1, -0.05) is 22.0 Å². The fourth-order valence-corrected chi connectivity index (χ4v) is 2.88. The highest BCUT2D eigenvalue weighted by Crippen LogP contribution is 2.29. The van der Waals surface area contributed by atoms with Gasteiger partial charge in [0, 0.05) is 10.0 Å². The molecule has 0 saturated carbocycles. The minimum absolute atomic E-state index is 0.0150. The molecule has 0 amide bonds. The summed E-state index contributed by atoms with van der Waals surface area (Å²) in [5.41, 5.74) is 5.72. The van der Waals surface area contributed by atoms with E-state index in [9.17, 15) is 4.79 Å². The topological polar surface area (TPSA) is 26.3 Å². The van der Waals surface area contributed by atoms with Gasteiger partial charge in [-0.25, -0.2) is 0 Å². The van der Waals surface area contributed by atoms with Gasteiger partial charge in [-0.05, 0) is 68.1 Å². The Balaban J connectivity index is 2.66. The zero-order chi connectivity index (χ0) is 15.7. The molecule has 0 bridgehead atoms. The van der Waals surface area contributed by atoms with E-state index < -0.39 is 0 Å². The van der Waals surface area contributed by atoms with Crippen LogP contribution in [0.5, 0.6) is 5.75 Å². The summed E-state index contributed by atoms with van der Waals surface area (Å²) in [5.74, 6) is 0.605. The van der Waals surface area contributed by atoms with E-state index in [-0.39, 0.29) is 5.78 Å². The van der Waals surface area contributed by atoms with Crippen LogP contribution in [0.3, 0.4) is 0 Å². The van der Waals surface area contributed by atoms with Crippen LogP contribution in [0.25, 0.3) is 0 Å². The molecule has 0 aromatic heterocycles. The Hall–Kier alpha value is -1.61. The third-order valence-electron chi connectivity index (χ3n) is 4.00. The Morgan fingerprint density at radius 3 is 2.10 bits per heavy atom. The van der Waals surface area contributed by atoms with Crippen molar-refractivity contribution in [3.63, 3.8) is 0 Å². The molecule has 0 radical (unpaired) electrons. The van der Waals surface area contributed by atoms with Crippen LogP contribution < -0.4 is 4.74 Å². The summed E-state index contributed by atoms with van der Waals surface area (Å²) in [7, 11) is 1.58. The van der Waals surface area contributed by atoms with Crippen molar-refractivity contribution >= 4 is 21.7 Å². The first-order valence-electron chi connectivity index (χ1n) is 6.82. The minimum Gasteiger partial charge on any atom is -0.496 e. The number of benzene rings is 2. The summed E-state index contributed by atoms with van der Waals surface area (Å²) in [6.07, 6.45) is 0. The van der Waals surface area contributed by atoms with Crippen molar-refractivity contribution in [2.75, 3.05) is 7.11 Å². The number of halogens is 1. The first kappa shape index (κ1) is 15.8. The molecule has 0 fully saturated rings. The third kappa shape index (κ3) is 2.88. The number of rotatable bonds is 3. The lowest BCUT2D eigenvalue weighted by Gasteiger charge is -2.16. The molecule has 2 aromatic rings. The van der Waals surface area contributed by atoms with Crippen molar-refractivity contribution in [3.05, 3.63) is 62.1 Å². The normalized spacial score (nSPS) is 10.6. The van der Waals surface area contributed by atoms with Gasteiger partial charge in [0.25, 0.3) is 0 Å². The van der Waals surface area contributed by atoms with E-state index >= 15 is 0 Å². The molecule has 0 aliphatic carbocycles. The zero-order valence-corrected chi connectivity index (χ0v) is 14.6. The van der Waals surface area contributed by atoms with Crippen molar-refractivity contribution in [2.24, 2.45) is 0 Å². The average Bonchev–Trinajstić information content (AvgIpc) is 2.45.